The van der Waals surface area contributed by atoms with E-state index in [0.29, 0.717) is 4.48 Å². The fourth-order valence-corrected chi connectivity index (χ4v) is 1.48. The first-order chi connectivity index (χ1) is 6.99. The molecule has 0 bridgehead atoms. The van der Waals surface area contributed by atoms with Crippen molar-refractivity contribution in [1.29, 1.82) is 5.26 Å². The number of hydrogen-bond donors (Lipinski definition) is 0. The highest BCUT2D eigenvalue weighted by atomic mass is 16.5. The monoisotopic (exact) mass is 205 g/mol. The van der Waals surface area contributed by atoms with Crippen LogP contribution in [0.3, 0.4) is 0 Å². The molecule has 0 aromatic heterocycles. The average Bonchev–Trinajstić information content (AvgIpc) is 2.18. The minimum Gasteiger partial charge on any atom is -0.497 e. The molecule has 80 valence electrons. The predicted octanol–water partition coefficient (Wildman–Crippen LogP) is 1.97. The van der Waals surface area contributed by atoms with Gasteiger partial charge in [-0.2, -0.15) is 5.26 Å². The molecule has 0 radical (unpaired) electrons. The van der Waals surface area contributed by atoms with Crippen molar-refractivity contribution in [2.24, 2.45) is 0 Å². The van der Waals surface area contributed by atoms with Gasteiger partial charge in [-0.3, -0.25) is 0 Å². The zero-order chi connectivity index (χ0) is 11.5. The quantitative estimate of drug-likeness (QED) is 0.707. The van der Waals surface area contributed by atoms with Gasteiger partial charge in [-0.1, -0.05) is 0 Å². The molecule has 0 saturated heterocycles. The highest BCUT2D eigenvalue weighted by Gasteiger charge is 2.24. The van der Waals surface area contributed by atoms with E-state index in [4.69, 9.17) is 10.00 Å². The molecular formula is C12H17N2O+. The minimum absolute atomic E-state index is 0.143. The number of nitrogens with zero attached hydrogens (tertiary/aromatic N) is 2. The average molecular weight is 205 g/mol. The summed E-state index contributed by atoms with van der Waals surface area (Å²) in [6, 6.07) is 9.83. The molecule has 1 aromatic carbocycles. The molecule has 0 aliphatic carbocycles. The highest BCUT2D eigenvalue weighted by molar-refractivity contribution is 5.30. The molecule has 0 aliphatic heterocycles. The zero-order valence-corrected chi connectivity index (χ0v) is 9.69. The van der Waals surface area contributed by atoms with E-state index < -0.39 is 0 Å². The van der Waals surface area contributed by atoms with Gasteiger partial charge in [0.2, 0.25) is 6.04 Å². The van der Waals surface area contributed by atoms with Crippen LogP contribution in [0.15, 0.2) is 24.3 Å². The van der Waals surface area contributed by atoms with E-state index >= 15 is 0 Å². The first-order valence-corrected chi connectivity index (χ1v) is 4.83. The van der Waals surface area contributed by atoms with Gasteiger partial charge in [-0.15, -0.1) is 0 Å². The predicted molar refractivity (Wildman–Crippen MR) is 59.4 cm³/mol. The lowest BCUT2D eigenvalue weighted by atomic mass is 10.1. The molecular weight excluding hydrogens is 188 g/mol. The maximum atomic E-state index is 9.14. The fourth-order valence-electron chi connectivity index (χ4n) is 1.48. The third-order valence-electron chi connectivity index (χ3n) is 2.33. The molecule has 1 aromatic rings. The number of nitriles is 1. The molecule has 0 aliphatic rings. The van der Waals surface area contributed by atoms with Crippen LogP contribution in [0.2, 0.25) is 0 Å². The van der Waals surface area contributed by atoms with Crippen molar-refractivity contribution < 1.29 is 9.22 Å². The number of methoxy groups -OCH3 is 1. The molecule has 3 nitrogen and oxygen atoms in total. The minimum atomic E-state index is -0.143. The molecule has 0 heterocycles. The van der Waals surface area contributed by atoms with Crippen LogP contribution in [0.5, 0.6) is 5.75 Å². The number of benzene rings is 1. The van der Waals surface area contributed by atoms with Crippen LogP contribution < -0.4 is 4.74 Å². The molecule has 0 fully saturated rings. The largest absolute Gasteiger partial charge is 0.497 e. The molecule has 0 amide bonds. The van der Waals surface area contributed by atoms with E-state index in [2.05, 4.69) is 6.07 Å². The summed E-state index contributed by atoms with van der Waals surface area (Å²) >= 11 is 0. The molecule has 1 rings (SSSR count). The van der Waals surface area contributed by atoms with Gasteiger partial charge < -0.3 is 9.22 Å². The van der Waals surface area contributed by atoms with Gasteiger partial charge in [-0.25, -0.2) is 0 Å². The van der Waals surface area contributed by atoms with E-state index in [9.17, 15) is 0 Å². The normalized spacial score (nSPS) is 13.0. The summed E-state index contributed by atoms with van der Waals surface area (Å²) in [5, 5.41) is 9.14. The molecule has 0 N–H and O–H groups in total. The molecule has 15 heavy (non-hydrogen) atoms. The van der Waals surface area contributed by atoms with Crippen LogP contribution in [0, 0.1) is 11.3 Å². The van der Waals surface area contributed by atoms with E-state index in [-0.39, 0.29) is 6.04 Å². The van der Waals surface area contributed by atoms with Gasteiger partial charge in [0.05, 0.1) is 28.3 Å². The summed E-state index contributed by atoms with van der Waals surface area (Å²) in [4.78, 5) is 0. The van der Waals surface area contributed by atoms with Crippen molar-refractivity contribution in [2.45, 2.75) is 6.04 Å². The highest BCUT2D eigenvalue weighted by Crippen LogP contribution is 2.24. The standard InChI is InChI=1S/C12H17N2O/c1-14(2,3)12(9-13)10-5-7-11(15-4)8-6-10/h5-8,12H,1-4H3/q+1. The van der Waals surface area contributed by atoms with E-state index in [1.54, 1.807) is 7.11 Å². The Bertz CT molecular complexity index is 357. The smallest absolute Gasteiger partial charge is 0.201 e. The Balaban J connectivity index is 3.00. The summed E-state index contributed by atoms with van der Waals surface area (Å²) < 4.78 is 5.68. The van der Waals surface area contributed by atoms with Gasteiger partial charge in [0.15, 0.2) is 0 Å². The number of quaternary nitrogens is 1. The maximum absolute atomic E-state index is 9.14. The Labute approximate surface area is 91.1 Å². The van der Waals surface area contributed by atoms with E-state index in [1.807, 2.05) is 45.4 Å². The Hall–Kier alpha value is -1.53. The van der Waals surface area contributed by atoms with Crippen molar-refractivity contribution in [3.8, 4) is 11.8 Å². The van der Waals surface area contributed by atoms with E-state index in [1.165, 1.54) is 0 Å². The Morgan fingerprint density at radius 1 is 1.20 bits per heavy atom. The second-order valence-corrected chi connectivity index (χ2v) is 4.42. The summed E-state index contributed by atoms with van der Waals surface area (Å²) in [6.07, 6.45) is 0. The van der Waals surface area contributed by atoms with Crippen molar-refractivity contribution in [3.05, 3.63) is 29.8 Å². The van der Waals surface area contributed by atoms with Crippen LogP contribution in [0.1, 0.15) is 11.6 Å². The second kappa shape index (κ2) is 4.33. The van der Waals surface area contributed by atoms with Gasteiger partial charge >= 0.3 is 0 Å². The first-order valence-electron chi connectivity index (χ1n) is 4.83. The zero-order valence-electron chi connectivity index (χ0n) is 9.69. The van der Waals surface area contributed by atoms with Crippen LogP contribution in [-0.2, 0) is 0 Å². The molecule has 1 unspecified atom stereocenters. The summed E-state index contributed by atoms with van der Waals surface area (Å²) in [5.41, 5.74) is 1.02. The molecule has 0 spiro atoms. The number of ether oxygens (including phenoxy) is 1. The van der Waals surface area contributed by atoms with Gasteiger partial charge in [-0.05, 0) is 24.3 Å². The third-order valence-corrected chi connectivity index (χ3v) is 2.33. The Kier molecular flexibility index (Phi) is 3.33. The summed E-state index contributed by atoms with van der Waals surface area (Å²) in [6.45, 7) is 0. The van der Waals surface area contributed by atoms with Crippen molar-refractivity contribution in [2.75, 3.05) is 28.3 Å². The topological polar surface area (TPSA) is 33.0 Å². The second-order valence-electron chi connectivity index (χ2n) is 4.42. The molecule has 1 atom stereocenters. The van der Waals surface area contributed by atoms with Crippen LogP contribution in [-0.4, -0.2) is 32.7 Å². The van der Waals surface area contributed by atoms with Crippen molar-refractivity contribution in [1.82, 2.24) is 0 Å². The maximum Gasteiger partial charge on any atom is 0.201 e. The summed E-state index contributed by atoms with van der Waals surface area (Å²) in [7, 11) is 7.67. The lowest BCUT2D eigenvalue weighted by Gasteiger charge is -2.29. The van der Waals surface area contributed by atoms with Gasteiger partial charge in [0, 0.05) is 5.56 Å². The fraction of sp³-hybridized carbons (Fsp3) is 0.417. The lowest BCUT2D eigenvalue weighted by Crippen LogP contribution is -2.38. The first kappa shape index (κ1) is 11.5. The van der Waals surface area contributed by atoms with Gasteiger partial charge in [0.25, 0.3) is 0 Å². The Morgan fingerprint density at radius 2 is 1.73 bits per heavy atom. The van der Waals surface area contributed by atoms with Crippen molar-refractivity contribution >= 4 is 0 Å². The Morgan fingerprint density at radius 3 is 2.07 bits per heavy atom. The summed E-state index contributed by atoms with van der Waals surface area (Å²) in [5.74, 6) is 0.817. The molecule has 0 saturated carbocycles. The number of rotatable bonds is 3. The SMILES string of the molecule is COc1ccc(C(C#N)[N+](C)(C)C)cc1. The van der Waals surface area contributed by atoms with Gasteiger partial charge in [0.1, 0.15) is 11.8 Å². The van der Waals surface area contributed by atoms with Crippen LogP contribution in [0.25, 0.3) is 0 Å². The third kappa shape index (κ3) is 2.71. The van der Waals surface area contributed by atoms with E-state index in [0.717, 1.165) is 11.3 Å². The number of hydrogen-bond acceptors (Lipinski definition) is 2. The lowest BCUT2D eigenvalue weighted by molar-refractivity contribution is -0.893. The van der Waals surface area contributed by atoms with Crippen LogP contribution >= 0.6 is 0 Å². The molecule has 3 heteroatoms. The van der Waals surface area contributed by atoms with Crippen LogP contribution in [0.4, 0.5) is 0 Å². The van der Waals surface area contributed by atoms with Crippen molar-refractivity contribution in [3.63, 3.8) is 0 Å².